The van der Waals surface area contributed by atoms with Gasteiger partial charge in [-0.15, -0.1) is 0 Å². The fraction of sp³-hybridized carbons (Fsp3) is 0.650. The molecular formula is C20H31N2O3+. The fourth-order valence-corrected chi connectivity index (χ4v) is 4.32. The first-order valence-corrected chi connectivity index (χ1v) is 9.47. The van der Waals surface area contributed by atoms with Crippen molar-refractivity contribution in [1.82, 2.24) is 4.90 Å². The van der Waals surface area contributed by atoms with Gasteiger partial charge in [0.25, 0.3) is 5.91 Å². The van der Waals surface area contributed by atoms with Crippen molar-refractivity contribution in [3.8, 4) is 11.5 Å². The lowest BCUT2D eigenvalue weighted by Gasteiger charge is -2.39. The number of amides is 1. The molecule has 1 saturated heterocycles. The van der Waals surface area contributed by atoms with Crippen molar-refractivity contribution >= 4 is 5.91 Å². The van der Waals surface area contributed by atoms with E-state index in [4.69, 9.17) is 9.47 Å². The number of hydrogen-bond donors (Lipinski definition) is 1. The van der Waals surface area contributed by atoms with Gasteiger partial charge < -0.3 is 19.3 Å². The molecule has 0 unspecified atom stereocenters. The first-order valence-electron chi connectivity index (χ1n) is 9.47. The average Bonchev–Trinajstić information content (AvgIpc) is 2.67. The Labute approximate surface area is 150 Å². The van der Waals surface area contributed by atoms with Gasteiger partial charge in [-0.3, -0.25) is 4.79 Å². The minimum atomic E-state index is 0.0771. The maximum atomic E-state index is 12.9. The van der Waals surface area contributed by atoms with Gasteiger partial charge in [0.1, 0.15) is 11.5 Å². The number of rotatable bonds is 4. The topological polar surface area (TPSA) is 43.2 Å². The van der Waals surface area contributed by atoms with Crippen LogP contribution in [0.25, 0.3) is 0 Å². The maximum Gasteiger partial charge on any atom is 0.254 e. The van der Waals surface area contributed by atoms with Crippen LogP contribution in [0.1, 0.15) is 43.0 Å². The van der Waals surface area contributed by atoms with E-state index in [2.05, 4.69) is 6.92 Å². The molecular weight excluding hydrogens is 316 g/mol. The highest BCUT2D eigenvalue weighted by Crippen LogP contribution is 2.24. The summed E-state index contributed by atoms with van der Waals surface area (Å²) in [6.45, 7) is 6.16. The molecule has 1 aromatic carbocycles. The number of carbonyl (C=O) groups is 1. The van der Waals surface area contributed by atoms with Gasteiger partial charge in [-0.2, -0.15) is 0 Å². The van der Waals surface area contributed by atoms with Gasteiger partial charge in [-0.1, -0.05) is 13.3 Å². The number of hydrogen-bond acceptors (Lipinski definition) is 3. The molecule has 5 nitrogen and oxygen atoms in total. The summed E-state index contributed by atoms with van der Waals surface area (Å²) in [5.41, 5.74) is 0.644. The van der Waals surface area contributed by atoms with Crippen molar-refractivity contribution in [3.05, 3.63) is 23.8 Å². The molecule has 1 N–H and O–H groups in total. The minimum Gasteiger partial charge on any atom is -0.497 e. The van der Waals surface area contributed by atoms with Crippen LogP contribution in [0.2, 0.25) is 0 Å². The van der Waals surface area contributed by atoms with E-state index < -0.39 is 0 Å². The third-order valence-corrected chi connectivity index (χ3v) is 5.81. The monoisotopic (exact) mass is 347 g/mol. The van der Waals surface area contributed by atoms with Crippen molar-refractivity contribution in [2.24, 2.45) is 5.92 Å². The van der Waals surface area contributed by atoms with Crippen LogP contribution in [-0.4, -0.2) is 57.2 Å². The van der Waals surface area contributed by atoms with Crippen molar-refractivity contribution in [2.45, 2.75) is 38.6 Å². The van der Waals surface area contributed by atoms with Crippen molar-refractivity contribution in [1.29, 1.82) is 0 Å². The molecule has 1 saturated carbocycles. The van der Waals surface area contributed by atoms with Crippen LogP contribution >= 0.6 is 0 Å². The fourth-order valence-electron chi connectivity index (χ4n) is 4.32. The van der Waals surface area contributed by atoms with Crippen LogP contribution in [0.5, 0.6) is 11.5 Å². The summed E-state index contributed by atoms with van der Waals surface area (Å²) < 4.78 is 10.6. The van der Waals surface area contributed by atoms with Gasteiger partial charge in [0.05, 0.1) is 46.4 Å². The zero-order chi connectivity index (χ0) is 17.8. The molecule has 1 heterocycles. The Morgan fingerprint density at radius 1 is 1.08 bits per heavy atom. The van der Waals surface area contributed by atoms with Crippen LogP contribution in [0, 0.1) is 5.92 Å². The van der Waals surface area contributed by atoms with Gasteiger partial charge in [-0.25, -0.2) is 0 Å². The Hall–Kier alpha value is -1.75. The first-order chi connectivity index (χ1) is 12.1. The molecule has 2 atom stereocenters. The van der Waals surface area contributed by atoms with Gasteiger partial charge >= 0.3 is 0 Å². The predicted molar refractivity (Wildman–Crippen MR) is 97.6 cm³/mol. The third-order valence-electron chi connectivity index (χ3n) is 5.81. The lowest BCUT2D eigenvalue weighted by Crippen LogP contribution is -3.18. The van der Waals surface area contributed by atoms with Gasteiger partial charge in [0, 0.05) is 18.1 Å². The number of quaternary nitrogens is 1. The second-order valence-corrected chi connectivity index (χ2v) is 7.52. The average molecular weight is 347 g/mol. The van der Waals surface area contributed by atoms with Gasteiger partial charge in [0.2, 0.25) is 0 Å². The molecule has 1 aliphatic heterocycles. The highest BCUT2D eigenvalue weighted by molar-refractivity contribution is 5.95. The molecule has 1 aliphatic carbocycles. The Morgan fingerprint density at radius 3 is 2.28 bits per heavy atom. The van der Waals surface area contributed by atoms with Gasteiger partial charge in [-0.05, 0) is 30.9 Å². The Morgan fingerprint density at radius 2 is 1.72 bits per heavy atom. The molecule has 1 aromatic rings. The first kappa shape index (κ1) is 18.1. The minimum absolute atomic E-state index is 0.0771. The number of piperazine rings is 1. The number of methoxy groups -OCH3 is 2. The van der Waals surface area contributed by atoms with E-state index in [1.807, 2.05) is 4.90 Å². The van der Waals surface area contributed by atoms with Crippen molar-refractivity contribution in [2.75, 3.05) is 40.4 Å². The van der Waals surface area contributed by atoms with E-state index in [9.17, 15) is 4.79 Å². The van der Waals surface area contributed by atoms with E-state index in [0.29, 0.717) is 17.1 Å². The van der Waals surface area contributed by atoms with Crippen LogP contribution in [0.4, 0.5) is 0 Å². The van der Waals surface area contributed by atoms with Crippen molar-refractivity contribution < 1.29 is 19.2 Å². The predicted octanol–water partition coefficient (Wildman–Crippen LogP) is 1.62. The highest BCUT2D eigenvalue weighted by atomic mass is 16.5. The molecule has 138 valence electrons. The summed E-state index contributed by atoms with van der Waals surface area (Å²) >= 11 is 0. The van der Waals surface area contributed by atoms with Crippen LogP contribution < -0.4 is 14.4 Å². The number of benzene rings is 1. The maximum absolute atomic E-state index is 12.9. The molecule has 0 bridgehead atoms. The van der Waals surface area contributed by atoms with E-state index in [1.165, 1.54) is 25.7 Å². The zero-order valence-corrected chi connectivity index (χ0v) is 15.7. The highest BCUT2D eigenvalue weighted by Gasteiger charge is 2.32. The standard InChI is InChI=1S/C20H30N2O3/c1-15-5-4-6-17(11-15)21-7-9-22(10-8-21)20(23)16-12-18(24-2)14-19(13-16)25-3/h12-15,17H,4-11H2,1-3H3/p+1/t15-,17-/m1/s1. The SMILES string of the molecule is COc1cc(OC)cc(C(=O)N2CC[NH+]([C@@H]3CCC[C@@H](C)C3)CC2)c1. The third kappa shape index (κ3) is 4.27. The van der Waals surface area contributed by atoms with E-state index in [-0.39, 0.29) is 5.91 Å². The molecule has 5 heteroatoms. The lowest BCUT2D eigenvalue weighted by molar-refractivity contribution is -0.930. The second kappa shape index (κ2) is 8.09. The summed E-state index contributed by atoms with van der Waals surface area (Å²) in [6.07, 6.45) is 5.44. The lowest BCUT2D eigenvalue weighted by atomic mass is 9.86. The molecule has 0 radical (unpaired) electrons. The summed E-state index contributed by atoms with van der Waals surface area (Å²) in [7, 11) is 3.21. The summed E-state index contributed by atoms with van der Waals surface area (Å²) in [5, 5.41) is 0. The van der Waals surface area contributed by atoms with E-state index in [1.54, 1.807) is 37.3 Å². The molecule has 0 spiro atoms. The Balaban J connectivity index is 1.61. The zero-order valence-electron chi connectivity index (χ0n) is 15.7. The Bertz CT molecular complexity index is 574. The van der Waals surface area contributed by atoms with E-state index >= 15 is 0 Å². The van der Waals surface area contributed by atoms with Gasteiger partial charge in [0.15, 0.2) is 0 Å². The molecule has 1 amide bonds. The molecule has 0 aromatic heterocycles. The van der Waals surface area contributed by atoms with E-state index in [0.717, 1.165) is 38.1 Å². The number of nitrogens with zero attached hydrogens (tertiary/aromatic N) is 1. The largest absolute Gasteiger partial charge is 0.497 e. The van der Waals surface area contributed by atoms with Crippen LogP contribution in [0.3, 0.4) is 0 Å². The number of carbonyl (C=O) groups excluding carboxylic acids is 1. The molecule has 2 aliphatic rings. The summed E-state index contributed by atoms with van der Waals surface area (Å²) in [4.78, 5) is 16.5. The number of ether oxygens (including phenoxy) is 2. The molecule has 2 fully saturated rings. The number of nitrogens with one attached hydrogen (secondary N) is 1. The summed E-state index contributed by atoms with van der Waals surface area (Å²) in [6, 6.07) is 6.18. The Kier molecular flexibility index (Phi) is 5.84. The van der Waals surface area contributed by atoms with Crippen LogP contribution in [-0.2, 0) is 0 Å². The quantitative estimate of drug-likeness (QED) is 0.900. The second-order valence-electron chi connectivity index (χ2n) is 7.52. The summed E-state index contributed by atoms with van der Waals surface area (Å²) in [5.74, 6) is 2.25. The smallest absolute Gasteiger partial charge is 0.254 e. The normalized spacial score (nSPS) is 24.8. The van der Waals surface area contributed by atoms with Crippen LogP contribution in [0.15, 0.2) is 18.2 Å². The molecule has 3 rings (SSSR count). The molecule has 25 heavy (non-hydrogen) atoms. The van der Waals surface area contributed by atoms with Crippen molar-refractivity contribution in [3.63, 3.8) is 0 Å².